The van der Waals surface area contributed by atoms with Gasteiger partial charge in [0, 0.05) is 6.04 Å². The van der Waals surface area contributed by atoms with Gasteiger partial charge < -0.3 is 28.4 Å². The van der Waals surface area contributed by atoms with Crippen LogP contribution in [0.15, 0.2) is 25.8 Å². The normalized spacial score (nSPS) is 13.0. The Balaban J connectivity index is 1.91. The molecule has 3 aromatic rings. The van der Waals surface area contributed by atoms with Crippen LogP contribution >= 0.6 is 0 Å². The highest BCUT2D eigenvalue weighted by Crippen LogP contribution is 2.31. The van der Waals surface area contributed by atoms with E-state index in [0.29, 0.717) is 29.6 Å². The smallest absolute Gasteiger partial charge is 0.408 e. The van der Waals surface area contributed by atoms with E-state index in [4.69, 9.17) is 23.1 Å². The third kappa shape index (κ3) is 6.34. The van der Waals surface area contributed by atoms with Crippen molar-refractivity contribution in [3.05, 3.63) is 29.9 Å². The van der Waals surface area contributed by atoms with Gasteiger partial charge in [0.05, 0.1) is 8.07 Å². The summed E-state index contributed by atoms with van der Waals surface area (Å²) in [5.74, 6) is -0.145. The van der Waals surface area contributed by atoms with Gasteiger partial charge in [-0.25, -0.2) is 24.5 Å². The molecule has 0 radical (unpaired) electrons. The standard InChI is InChI=1S/C22H30N4O7Si/c1-8-12(25-21(29)33-22(2,3)4)17-23-13(9-30-17)18-26-16(15(32-18)11-34(5,6)7)19-24-14(10-31-19)20(27)28/h9-10,12H,8,11H2,1-7H3,(H,25,29)(H,27,28). The number of carboxylic acid groups (broad SMARTS) is 1. The van der Waals surface area contributed by atoms with Crippen LogP contribution in [0.4, 0.5) is 4.79 Å². The van der Waals surface area contributed by atoms with Crippen LogP contribution < -0.4 is 5.32 Å². The number of rotatable bonds is 8. The number of carbonyl (C=O) groups excluding carboxylic acids is 1. The van der Waals surface area contributed by atoms with Crippen LogP contribution in [-0.2, 0) is 10.8 Å². The van der Waals surface area contributed by atoms with Crippen LogP contribution in [0.1, 0.15) is 62.3 Å². The molecule has 3 rings (SSSR count). The number of nitrogens with zero attached hydrogens (tertiary/aromatic N) is 3. The number of carbonyl (C=O) groups is 2. The van der Waals surface area contributed by atoms with Gasteiger partial charge in [-0.05, 0) is 27.2 Å². The number of oxazole rings is 3. The van der Waals surface area contributed by atoms with Gasteiger partial charge in [0.1, 0.15) is 29.9 Å². The maximum atomic E-state index is 12.2. The lowest BCUT2D eigenvalue weighted by Crippen LogP contribution is -2.34. The van der Waals surface area contributed by atoms with E-state index in [2.05, 4.69) is 39.9 Å². The zero-order valence-corrected chi connectivity index (χ0v) is 21.4. The van der Waals surface area contributed by atoms with Crippen molar-refractivity contribution >= 4 is 20.1 Å². The maximum Gasteiger partial charge on any atom is 0.408 e. The molecule has 0 aliphatic carbocycles. The van der Waals surface area contributed by atoms with Gasteiger partial charge in [-0.2, -0.15) is 0 Å². The second kappa shape index (κ2) is 9.45. The molecule has 0 aromatic carbocycles. The lowest BCUT2D eigenvalue weighted by Gasteiger charge is -2.21. The summed E-state index contributed by atoms with van der Waals surface area (Å²) in [6, 6.07) is 0.118. The molecule has 0 bridgehead atoms. The van der Waals surface area contributed by atoms with Crippen LogP contribution in [0, 0.1) is 0 Å². The van der Waals surface area contributed by atoms with Crippen molar-refractivity contribution in [1.29, 1.82) is 0 Å². The van der Waals surface area contributed by atoms with Gasteiger partial charge >= 0.3 is 12.1 Å². The third-order valence-corrected chi connectivity index (χ3v) is 5.83. The van der Waals surface area contributed by atoms with Gasteiger partial charge in [-0.3, -0.25) is 0 Å². The Morgan fingerprint density at radius 1 is 1.12 bits per heavy atom. The summed E-state index contributed by atoms with van der Waals surface area (Å²) in [5, 5.41) is 11.9. The van der Waals surface area contributed by atoms with Crippen molar-refractivity contribution < 1.29 is 32.7 Å². The van der Waals surface area contributed by atoms with Crippen LogP contribution in [0.5, 0.6) is 0 Å². The van der Waals surface area contributed by atoms with E-state index in [-0.39, 0.29) is 23.4 Å². The molecule has 184 valence electrons. The zero-order chi connectivity index (χ0) is 25.3. The van der Waals surface area contributed by atoms with Gasteiger partial charge in [0.2, 0.25) is 17.7 Å². The molecular formula is C22H30N4O7Si. The molecule has 2 N–H and O–H groups in total. The summed E-state index contributed by atoms with van der Waals surface area (Å²) in [4.78, 5) is 36.3. The summed E-state index contributed by atoms with van der Waals surface area (Å²) in [7, 11) is -1.65. The van der Waals surface area contributed by atoms with Crippen molar-refractivity contribution in [1.82, 2.24) is 20.3 Å². The number of amides is 1. The number of ether oxygens (including phenoxy) is 1. The van der Waals surface area contributed by atoms with Crippen molar-refractivity contribution in [2.24, 2.45) is 0 Å². The van der Waals surface area contributed by atoms with Crippen molar-refractivity contribution in [3.63, 3.8) is 0 Å². The quantitative estimate of drug-likeness (QED) is 0.408. The van der Waals surface area contributed by atoms with Crippen LogP contribution in [0.25, 0.3) is 23.2 Å². The van der Waals surface area contributed by atoms with Crippen molar-refractivity contribution in [2.75, 3.05) is 0 Å². The Kier molecular flexibility index (Phi) is 7.01. The average Bonchev–Trinajstić information content (AvgIpc) is 3.42. The van der Waals surface area contributed by atoms with Crippen LogP contribution in [0.3, 0.4) is 0 Å². The van der Waals surface area contributed by atoms with E-state index in [1.807, 2.05) is 6.92 Å². The van der Waals surface area contributed by atoms with Gasteiger partial charge in [-0.1, -0.05) is 26.6 Å². The van der Waals surface area contributed by atoms with Crippen molar-refractivity contribution in [2.45, 2.75) is 71.4 Å². The first-order chi connectivity index (χ1) is 15.8. The SMILES string of the molecule is CCC(NC(=O)OC(C)(C)C)c1nc(-c2nc(-c3nc(C(=O)O)co3)c(C[Si](C)(C)C)o2)co1. The first-order valence-electron chi connectivity index (χ1n) is 10.9. The monoisotopic (exact) mass is 490 g/mol. The fraction of sp³-hybridized carbons (Fsp3) is 0.500. The number of alkyl carbamates (subject to hydrolysis) is 1. The zero-order valence-electron chi connectivity index (χ0n) is 20.4. The minimum absolute atomic E-state index is 0.0578. The molecule has 3 aromatic heterocycles. The molecule has 3 heterocycles. The Morgan fingerprint density at radius 3 is 2.38 bits per heavy atom. The fourth-order valence-corrected chi connectivity index (χ4v) is 4.25. The number of aromatic carboxylic acids is 1. The molecule has 0 spiro atoms. The van der Waals surface area contributed by atoms with E-state index < -0.39 is 31.8 Å². The molecule has 0 saturated heterocycles. The van der Waals surface area contributed by atoms with E-state index in [1.54, 1.807) is 20.8 Å². The second-order valence-electron chi connectivity index (χ2n) is 10.0. The molecule has 12 heteroatoms. The Morgan fingerprint density at radius 2 is 1.82 bits per heavy atom. The van der Waals surface area contributed by atoms with Crippen LogP contribution in [-0.4, -0.2) is 45.8 Å². The Labute approximate surface area is 197 Å². The molecule has 0 saturated carbocycles. The van der Waals surface area contributed by atoms with E-state index in [1.165, 1.54) is 6.26 Å². The molecule has 34 heavy (non-hydrogen) atoms. The predicted molar refractivity (Wildman–Crippen MR) is 124 cm³/mol. The topological polar surface area (TPSA) is 154 Å². The summed E-state index contributed by atoms with van der Waals surface area (Å²) in [5.41, 5.74) is -0.201. The van der Waals surface area contributed by atoms with Gasteiger partial charge in [0.15, 0.2) is 17.1 Å². The first kappa shape index (κ1) is 25.2. The molecule has 1 atom stereocenters. The Bertz CT molecular complexity index is 1170. The maximum absolute atomic E-state index is 12.2. The molecule has 0 aliphatic rings. The molecule has 1 unspecified atom stereocenters. The fourth-order valence-electron chi connectivity index (χ4n) is 3.04. The number of hydrogen-bond donors (Lipinski definition) is 2. The van der Waals surface area contributed by atoms with E-state index in [9.17, 15) is 9.59 Å². The number of aromatic nitrogens is 3. The lowest BCUT2D eigenvalue weighted by molar-refractivity contribution is 0.0493. The molecule has 0 aliphatic heterocycles. The van der Waals surface area contributed by atoms with Crippen molar-refractivity contribution in [3.8, 4) is 23.2 Å². The Hall–Kier alpha value is -3.41. The molecule has 0 fully saturated rings. The lowest BCUT2D eigenvalue weighted by atomic mass is 10.2. The summed E-state index contributed by atoms with van der Waals surface area (Å²) < 4.78 is 22.3. The molecular weight excluding hydrogens is 460 g/mol. The summed E-state index contributed by atoms with van der Waals surface area (Å²) >= 11 is 0. The number of nitrogens with one attached hydrogen (secondary N) is 1. The summed E-state index contributed by atoms with van der Waals surface area (Å²) in [6.45, 7) is 13.7. The minimum Gasteiger partial charge on any atom is -0.476 e. The molecule has 1 amide bonds. The largest absolute Gasteiger partial charge is 0.476 e. The predicted octanol–water partition coefficient (Wildman–Crippen LogP) is 5.08. The first-order valence-corrected chi connectivity index (χ1v) is 14.6. The highest BCUT2D eigenvalue weighted by atomic mass is 28.3. The van der Waals surface area contributed by atoms with Gasteiger partial charge in [-0.15, -0.1) is 0 Å². The van der Waals surface area contributed by atoms with E-state index in [0.717, 1.165) is 6.26 Å². The summed E-state index contributed by atoms with van der Waals surface area (Å²) in [6.07, 6.45) is 2.40. The highest BCUT2D eigenvalue weighted by molar-refractivity contribution is 6.75. The van der Waals surface area contributed by atoms with Crippen LogP contribution in [0.2, 0.25) is 19.6 Å². The molecule has 11 nitrogen and oxygen atoms in total. The third-order valence-electron chi connectivity index (χ3n) is 4.45. The highest BCUT2D eigenvalue weighted by Gasteiger charge is 2.28. The minimum atomic E-state index is -1.65. The number of hydrogen-bond acceptors (Lipinski definition) is 9. The van der Waals surface area contributed by atoms with E-state index >= 15 is 0 Å². The second-order valence-corrected chi connectivity index (χ2v) is 15.5. The average molecular weight is 491 g/mol. The number of carboxylic acids is 1. The van der Waals surface area contributed by atoms with Gasteiger partial charge in [0.25, 0.3) is 0 Å².